The highest BCUT2D eigenvalue weighted by Crippen LogP contribution is 2.38. The third-order valence-electron chi connectivity index (χ3n) is 4.98. The maximum atomic E-state index is 12.4. The highest BCUT2D eigenvalue weighted by atomic mass is 31.2. The van der Waals surface area contributed by atoms with Crippen molar-refractivity contribution in [3.8, 4) is 11.8 Å². The molecular formula is C20H23N6O3P. The maximum absolute atomic E-state index is 12.4. The van der Waals surface area contributed by atoms with Gasteiger partial charge in [-0.3, -0.25) is 0 Å². The van der Waals surface area contributed by atoms with Crippen molar-refractivity contribution in [1.82, 2.24) is 15.0 Å². The van der Waals surface area contributed by atoms with Crippen molar-refractivity contribution in [2.75, 3.05) is 44.3 Å². The van der Waals surface area contributed by atoms with Gasteiger partial charge in [-0.15, -0.1) is 0 Å². The zero-order valence-corrected chi connectivity index (χ0v) is 17.9. The number of nitrogens with zero attached hydrogens (tertiary/aromatic N) is 3. The van der Waals surface area contributed by atoms with Crippen LogP contribution in [-0.4, -0.2) is 54.6 Å². The molecule has 10 heteroatoms. The molecule has 2 aromatic heterocycles. The van der Waals surface area contributed by atoms with E-state index in [1.165, 1.54) is 0 Å². The van der Waals surface area contributed by atoms with E-state index < -0.39 is 7.14 Å². The van der Waals surface area contributed by atoms with Crippen LogP contribution in [0.5, 0.6) is 5.75 Å². The second kappa shape index (κ2) is 7.98. The standard InChI is InChI=1S/C20H23N6O3P/c1-28-16-8-14(30(2,3)27)4-5-15(16)24-20-25-18-17(12(9-21)10-22-18)19(26-20)23-13-6-7-29-11-13/h4-5,8,10,13H,6-7,11H2,1-3H3,(H3,22,23,24,25,26)/t13-/m0/s1. The van der Waals surface area contributed by atoms with E-state index >= 15 is 0 Å². The van der Waals surface area contributed by atoms with Crippen LogP contribution in [0.3, 0.4) is 0 Å². The van der Waals surface area contributed by atoms with Crippen molar-refractivity contribution in [2.45, 2.75) is 12.5 Å². The maximum Gasteiger partial charge on any atom is 0.231 e. The molecule has 0 bridgehead atoms. The Morgan fingerprint density at radius 2 is 2.20 bits per heavy atom. The summed E-state index contributed by atoms with van der Waals surface area (Å²) in [5, 5.41) is 17.4. The molecule has 1 aromatic carbocycles. The third kappa shape index (κ3) is 3.97. The summed E-state index contributed by atoms with van der Waals surface area (Å²) in [6, 6.07) is 7.66. The number of nitriles is 1. The van der Waals surface area contributed by atoms with Crippen molar-refractivity contribution in [1.29, 1.82) is 5.26 Å². The van der Waals surface area contributed by atoms with Crippen LogP contribution in [0.4, 0.5) is 17.5 Å². The van der Waals surface area contributed by atoms with Crippen LogP contribution in [0.2, 0.25) is 0 Å². The molecule has 3 N–H and O–H groups in total. The Bertz CT molecular complexity index is 1170. The molecule has 0 spiro atoms. The minimum atomic E-state index is -2.42. The zero-order chi connectivity index (χ0) is 21.3. The fourth-order valence-corrected chi connectivity index (χ4v) is 4.22. The van der Waals surface area contributed by atoms with Gasteiger partial charge in [-0.1, -0.05) is 0 Å². The first kappa shape index (κ1) is 20.2. The third-order valence-corrected chi connectivity index (χ3v) is 6.50. The quantitative estimate of drug-likeness (QED) is 0.514. The van der Waals surface area contributed by atoms with Crippen molar-refractivity contribution in [3.05, 3.63) is 30.0 Å². The molecule has 4 rings (SSSR count). The van der Waals surface area contributed by atoms with Crippen molar-refractivity contribution in [2.24, 2.45) is 0 Å². The number of ether oxygens (including phenoxy) is 2. The number of aromatic nitrogens is 3. The predicted octanol–water partition coefficient (Wildman–Crippen LogP) is 3.03. The van der Waals surface area contributed by atoms with E-state index in [1.807, 2.05) is 6.07 Å². The zero-order valence-electron chi connectivity index (χ0n) is 17.0. The van der Waals surface area contributed by atoms with Gasteiger partial charge in [-0.05, 0) is 37.9 Å². The van der Waals surface area contributed by atoms with Crippen LogP contribution in [0.25, 0.3) is 11.0 Å². The van der Waals surface area contributed by atoms with Gasteiger partial charge < -0.3 is 29.7 Å². The number of methoxy groups -OCH3 is 1. The largest absolute Gasteiger partial charge is 0.495 e. The van der Waals surface area contributed by atoms with Crippen LogP contribution >= 0.6 is 7.14 Å². The molecule has 30 heavy (non-hydrogen) atoms. The lowest BCUT2D eigenvalue weighted by atomic mass is 10.2. The fraction of sp³-hybridized carbons (Fsp3) is 0.350. The summed E-state index contributed by atoms with van der Waals surface area (Å²) in [6.45, 7) is 4.71. The van der Waals surface area contributed by atoms with Crippen LogP contribution in [0, 0.1) is 11.3 Å². The Morgan fingerprint density at radius 1 is 1.37 bits per heavy atom. The van der Waals surface area contributed by atoms with Gasteiger partial charge >= 0.3 is 0 Å². The topological polar surface area (TPSA) is 125 Å². The summed E-state index contributed by atoms with van der Waals surface area (Å²) < 4.78 is 23.3. The molecule has 1 aliphatic rings. The molecule has 0 saturated carbocycles. The minimum absolute atomic E-state index is 0.120. The van der Waals surface area contributed by atoms with Gasteiger partial charge in [-0.2, -0.15) is 15.2 Å². The summed E-state index contributed by atoms with van der Waals surface area (Å²) >= 11 is 0. The summed E-state index contributed by atoms with van der Waals surface area (Å²) in [7, 11) is -0.858. The van der Waals surface area contributed by atoms with Gasteiger partial charge in [0, 0.05) is 18.1 Å². The molecule has 0 aliphatic carbocycles. The fourth-order valence-electron chi connectivity index (χ4n) is 3.36. The van der Waals surface area contributed by atoms with E-state index in [9.17, 15) is 9.83 Å². The first-order chi connectivity index (χ1) is 14.4. The average Bonchev–Trinajstić information content (AvgIpc) is 3.37. The number of fused-ring (bicyclic) bond motifs is 1. The molecule has 1 aliphatic heterocycles. The normalized spacial score (nSPS) is 16.4. The number of rotatable bonds is 6. The second-order valence-corrected chi connectivity index (χ2v) is 10.7. The number of H-pyrrole nitrogens is 1. The number of benzene rings is 1. The Hall–Kier alpha value is -3.08. The lowest BCUT2D eigenvalue weighted by Crippen LogP contribution is -2.20. The molecule has 1 saturated heterocycles. The number of hydrogen-bond donors (Lipinski definition) is 3. The first-order valence-electron chi connectivity index (χ1n) is 9.53. The molecule has 3 aromatic rings. The lowest BCUT2D eigenvalue weighted by Gasteiger charge is -2.16. The van der Waals surface area contributed by atoms with Gasteiger partial charge in [0.15, 0.2) is 0 Å². The van der Waals surface area contributed by atoms with Crippen LogP contribution < -0.4 is 20.7 Å². The summed E-state index contributed by atoms with van der Waals surface area (Å²) in [5.74, 6) is 1.46. The molecule has 1 fully saturated rings. The summed E-state index contributed by atoms with van der Waals surface area (Å²) in [4.78, 5) is 12.2. The smallest absolute Gasteiger partial charge is 0.231 e. The van der Waals surface area contributed by atoms with Crippen molar-refractivity contribution < 1.29 is 14.0 Å². The van der Waals surface area contributed by atoms with Gasteiger partial charge in [0.05, 0.1) is 36.4 Å². The predicted molar refractivity (Wildman–Crippen MR) is 117 cm³/mol. The average molecular weight is 426 g/mol. The summed E-state index contributed by atoms with van der Waals surface area (Å²) in [5.41, 5.74) is 1.67. The lowest BCUT2D eigenvalue weighted by molar-refractivity contribution is 0.195. The van der Waals surface area contributed by atoms with E-state index in [2.05, 4.69) is 31.7 Å². The highest BCUT2D eigenvalue weighted by molar-refractivity contribution is 7.70. The molecule has 156 valence electrons. The van der Waals surface area contributed by atoms with E-state index in [0.717, 1.165) is 11.7 Å². The van der Waals surface area contributed by atoms with Gasteiger partial charge in [0.1, 0.15) is 30.4 Å². The molecule has 1 atom stereocenters. The van der Waals surface area contributed by atoms with E-state index in [4.69, 9.17) is 9.47 Å². The van der Waals surface area contributed by atoms with Crippen LogP contribution in [0.15, 0.2) is 24.4 Å². The molecular weight excluding hydrogens is 403 g/mol. The molecule has 0 amide bonds. The Kier molecular flexibility index (Phi) is 5.37. The monoisotopic (exact) mass is 426 g/mol. The highest BCUT2D eigenvalue weighted by Gasteiger charge is 2.21. The van der Waals surface area contributed by atoms with Crippen LogP contribution in [0.1, 0.15) is 12.0 Å². The summed E-state index contributed by atoms with van der Waals surface area (Å²) in [6.07, 6.45) is 2.48. The number of nitrogens with one attached hydrogen (secondary N) is 3. The second-order valence-electron chi connectivity index (χ2n) is 7.50. The van der Waals surface area contributed by atoms with Gasteiger partial charge in [0.25, 0.3) is 0 Å². The van der Waals surface area contributed by atoms with Crippen molar-refractivity contribution in [3.63, 3.8) is 0 Å². The van der Waals surface area contributed by atoms with E-state index in [-0.39, 0.29) is 6.04 Å². The number of anilines is 3. The van der Waals surface area contributed by atoms with Gasteiger partial charge in [-0.25, -0.2) is 0 Å². The van der Waals surface area contributed by atoms with Crippen molar-refractivity contribution >= 4 is 40.9 Å². The molecule has 3 heterocycles. The Morgan fingerprint density at radius 3 is 2.87 bits per heavy atom. The molecule has 0 unspecified atom stereocenters. The molecule has 9 nitrogen and oxygen atoms in total. The Balaban J connectivity index is 1.73. The number of hydrogen-bond acceptors (Lipinski definition) is 8. The van der Waals surface area contributed by atoms with E-state index in [0.29, 0.717) is 53.0 Å². The minimum Gasteiger partial charge on any atom is -0.495 e. The first-order valence-corrected chi connectivity index (χ1v) is 12.1. The van der Waals surface area contributed by atoms with Gasteiger partial charge in [0.2, 0.25) is 5.95 Å². The molecule has 0 radical (unpaired) electrons. The Labute approximate surface area is 174 Å². The number of aromatic amines is 1. The van der Waals surface area contributed by atoms with Crippen LogP contribution in [-0.2, 0) is 9.30 Å². The van der Waals surface area contributed by atoms with E-state index in [1.54, 1.807) is 38.8 Å². The SMILES string of the molecule is COc1cc(P(C)(C)=O)ccc1Nc1nc(N[C@H]2CCOC2)c2c(C#N)c[nH]c2n1.